The number of para-hydroxylation sites is 1. The zero-order valence-electron chi connectivity index (χ0n) is 20.2. The molecule has 0 saturated carbocycles. The molecule has 0 spiro atoms. The van der Waals surface area contributed by atoms with Gasteiger partial charge >= 0.3 is 6.36 Å². The van der Waals surface area contributed by atoms with Crippen molar-refractivity contribution in [1.29, 1.82) is 0 Å². The van der Waals surface area contributed by atoms with Crippen LogP contribution < -0.4 is 15.4 Å². The van der Waals surface area contributed by atoms with Gasteiger partial charge in [0.2, 0.25) is 0 Å². The number of halogens is 5. The molecule has 8 nitrogen and oxygen atoms in total. The molecule has 4 rings (SSSR count). The normalized spacial score (nSPS) is 12.3. The summed E-state index contributed by atoms with van der Waals surface area (Å²) in [4.78, 5) is 25.1. The largest absolute Gasteiger partial charge is 0.573 e. The van der Waals surface area contributed by atoms with Crippen LogP contribution in [0.25, 0.3) is 22.0 Å². The lowest BCUT2D eigenvalue weighted by atomic mass is 10.00. The third-order valence-corrected chi connectivity index (χ3v) is 6.16. The lowest BCUT2D eigenvalue weighted by Gasteiger charge is -2.19. The number of aliphatic hydroxyl groups excluding tert-OH is 1. The minimum Gasteiger partial charge on any atom is -0.405 e. The molecular weight excluding hydrogens is 544 g/mol. The summed E-state index contributed by atoms with van der Waals surface area (Å²) in [6, 6.07) is 11.2. The topological polar surface area (TPSA) is 116 Å². The zero-order chi connectivity index (χ0) is 28.3. The predicted octanol–water partition coefficient (Wildman–Crippen LogP) is 4.61. The van der Waals surface area contributed by atoms with Crippen LogP contribution >= 0.6 is 11.6 Å². The van der Waals surface area contributed by atoms with Crippen LogP contribution in [0.1, 0.15) is 26.4 Å². The molecule has 13 heteroatoms. The first-order valence-electron chi connectivity index (χ1n) is 11.5. The van der Waals surface area contributed by atoms with Gasteiger partial charge in [-0.3, -0.25) is 14.7 Å². The first-order valence-corrected chi connectivity index (χ1v) is 11.8. The van der Waals surface area contributed by atoms with Crippen molar-refractivity contribution >= 4 is 34.3 Å². The number of carbonyl (C=O) groups is 2. The van der Waals surface area contributed by atoms with E-state index in [0.29, 0.717) is 22.2 Å². The minimum absolute atomic E-state index is 0.0199. The van der Waals surface area contributed by atoms with E-state index in [1.807, 2.05) is 0 Å². The number of hydrogen-bond donors (Lipinski definition) is 4. The number of aromatic nitrogens is 2. The Kier molecular flexibility index (Phi) is 8.07. The minimum atomic E-state index is -5.08. The highest BCUT2D eigenvalue weighted by molar-refractivity contribution is 6.34. The number of rotatable bonds is 8. The summed E-state index contributed by atoms with van der Waals surface area (Å²) in [6.07, 6.45) is -5.10. The van der Waals surface area contributed by atoms with E-state index in [2.05, 4.69) is 25.6 Å². The molecule has 4 aromatic rings. The molecule has 4 N–H and O–H groups in total. The van der Waals surface area contributed by atoms with Gasteiger partial charge in [0, 0.05) is 24.5 Å². The molecule has 1 atom stereocenters. The second kappa shape index (κ2) is 11.3. The van der Waals surface area contributed by atoms with Gasteiger partial charge in [-0.15, -0.1) is 13.2 Å². The smallest absolute Gasteiger partial charge is 0.405 e. The number of H-pyrrole nitrogens is 1. The first-order chi connectivity index (χ1) is 18.5. The van der Waals surface area contributed by atoms with Gasteiger partial charge in [0.25, 0.3) is 11.8 Å². The molecule has 0 aliphatic rings. The van der Waals surface area contributed by atoms with E-state index in [4.69, 9.17) is 11.6 Å². The number of ether oxygens (including phenoxy) is 1. The van der Waals surface area contributed by atoms with E-state index in [1.165, 1.54) is 49.5 Å². The van der Waals surface area contributed by atoms with Crippen LogP contribution in [0, 0.1) is 5.82 Å². The van der Waals surface area contributed by atoms with Gasteiger partial charge in [-0.25, -0.2) is 4.39 Å². The van der Waals surface area contributed by atoms with E-state index in [0.717, 1.165) is 6.07 Å². The highest BCUT2D eigenvalue weighted by Gasteiger charge is 2.33. The van der Waals surface area contributed by atoms with Crippen LogP contribution in [0.4, 0.5) is 17.6 Å². The summed E-state index contributed by atoms with van der Waals surface area (Å²) in [5.41, 5.74) is 0.950. The van der Waals surface area contributed by atoms with Crippen LogP contribution in [0.3, 0.4) is 0 Å². The van der Waals surface area contributed by atoms with Crippen LogP contribution in [0.15, 0.2) is 54.6 Å². The lowest BCUT2D eigenvalue weighted by molar-refractivity contribution is -0.274. The summed E-state index contributed by atoms with van der Waals surface area (Å²) in [5.74, 6) is -2.71. The number of aromatic amines is 1. The molecule has 0 bridgehead atoms. The fraction of sp³-hybridized carbons (Fsp3) is 0.192. The van der Waals surface area contributed by atoms with Crippen LogP contribution in [-0.2, 0) is 6.42 Å². The van der Waals surface area contributed by atoms with Crippen molar-refractivity contribution < 1.29 is 37.0 Å². The van der Waals surface area contributed by atoms with Gasteiger partial charge in [0.15, 0.2) is 5.82 Å². The van der Waals surface area contributed by atoms with Gasteiger partial charge in [-0.2, -0.15) is 5.10 Å². The highest BCUT2D eigenvalue weighted by atomic mass is 35.5. The molecule has 0 radical (unpaired) electrons. The quantitative estimate of drug-likeness (QED) is 0.233. The summed E-state index contributed by atoms with van der Waals surface area (Å²) >= 11 is 6.21. The van der Waals surface area contributed by atoms with Crippen LogP contribution in [0.2, 0.25) is 5.02 Å². The number of nitrogens with zero attached hydrogens (tertiary/aromatic N) is 1. The third kappa shape index (κ3) is 6.29. The summed E-state index contributed by atoms with van der Waals surface area (Å²) in [5, 5.41) is 21.9. The summed E-state index contributed by atoms with van der Waals surface area (Å²) < 4.78 is 57.3. The number of carbonyl (C=O) groups excluding carboxylic acids is 2. The Morgan fingerprint density at radius 1 is 1.08 bits per heavy atom. The average molecular weight is 565 g/mol. The summed E-state index contributed by atoms with van der Waals surface area (Å²) in [7, 11) is 1.43. The molecule has 39 heavy (non-hydrogen) atoms. The van der Waals surface area contributed by atoms with Gasteiger partial charge < -0.3 is 20.5 Å². The van der Waals surface area contributed by atoms with E-state index in [1.54, 1.807) is 6.07 Å². The third-order valence-electron chi connectivity index (χ3n) is 5.84. The maximum absolute atomic E-state index is 14.0. The van der Waals surface area contributed by atoms with Crippen molar-refractivity contribution in [3.05, 3.63) is 82.3 Å². The van der Waals surface area contributed by atoms with Crippen molar-refractivity contribution in [3.8, 4) is 16.9 Å². The van der Waals surface area contributed by atoms with E-state index >= 15 is 0 Å². The molecule has 1 heterocycles. The molecule has 0 unspecified atom stereocenters. The number of aliphatic hydroxyl groups is 1. The highest BCUT2D eigenvalue weighted by Crippen LogP contribution is 2.32. The average Bonchev–Trinajstić information content (AvgIpc) is 3.31. The van der Waals surface area contributed by atoms with Crippen LogP contribution in [-0.4, -0.2) is 53.2 Å². The first kappa shape index (κ1) is 27.9. The van der Waals surface area contributed by atoms with E-state index in [9.17, 15) is 32.3 Å². The van der Waals surface area contributed by atoms with Crippen molar-refractivity contribution in [1.82, 2.24) is 20.8 Å². The SMILES string of the molecule is CNC(=O)c1ccc(-c2ccc(OC(F)(F)F)c(C(=O)N[C@@H](CO)Cc3[nH]nc4c(F)cccc34)c2)cc1Cl. The second-order valence-corrected chi connectivity index (χ2v) is 8.83. The van der Waals surface area contributed by atoms with Gasteiger partial charge in [-0.1, -0.05) is 35.9 Å². The van der Waals surface area contributed by atoms with Crippen molar-refractivity contribution in [3.63, 3.8) is 0 Å². The Bertz CT molecular complexity index is 1540. The molecule has 0 saturated heterocycles. The number of benzene rings is 3. The van der Waals surface area contributed by atoms with E-state index < -0.39 is 48.0 Å². The fourth-order valence-corrected chi connectivity index (χ4v) is 4.26. The van der Waals surface area contributed by atoms with Gasteiger partial charge in [-0.05, 0) is 41.5 Å². The molecular formula is C26H21ClF4N4O4. The van der Waals surface area contributed by atoms with Gasteiger partial charge in [0.1, 0.15) is 11.3 Å². The number of amides is 2. The Labute approximate surface area is 223 Å². The molecule has 0 aliphatic heterocycles. The maximum Gasteiger partial charge on any atom is 0.573 e. The second-order valence-electron chi connectivity index (χ2n) is 8.43. The molecule has 3 aromatic carbocycles. The predicted molar refractivity (Wildman–Crippen MR) is 135 cm³/mol. The van der Waals surface area contributed by atoms with Crippen LogP contribution in [0.5, 0.6) is 5.75 Å². The Morgan fingerprint density at radius 3 is 2.46 bits per heavy atom. The van der Waals surface area contributed by atoms with Crippen molar-refractivity contribution in [2.75, 3.05) is 13.7 Å². The van der Waals surface area contributed by atoms with Crippen molar-refractivity contribution in [2.24, 2.45) is 0 Å². The standard InChI is InChI=1S/C26H21ClF4N4O4/c1-32-24(37)16-7-5-14(10-19(16)27)13-6-8-22(39-26(29,30)31)18(9-13)25(38)33-15(12-36)11-21-17-3-2-4-20(28)23(17)35-34-21/h2-10,15,36H,11-12H2,1H3,(H,32,37)(H,33,38)(H,34,35)/t15-/m1/s1. The molecule has 204 valence electrons. The number of fused-ring (bicyclic) bond motifs is 1. The van der Waals surface area contributed by atoms with Gasteiger partial charge in [0.05, 0.1) is 28.8 Å². The van der Waals surface area contributed by atoms with E-state index in [-0.39, 0.29) is 22.5 Å². The Morgan fingerprint density at radius 2 is 1.79 bits per heavy atom. The summed E-state index contributed by atoms with van der Waals surface area (Å²) in [6.45, 7) is -0.576. The van der Waals surface area contributed by atoms with Crippen molar-refractivity contribution in [2.45, 2.75) is 18.8 Å². The number of nitrogens with one attached hydrogen (secondary N) is 3. The molecule has 1 aromatic heterocycles. The fourth-order valence-electron chi connectivity index (χ4n) is 4.00. The Balaban J connectivity index is 1.65. The zero-order valence-corrected chi connectivity index (χ0v) is 21.0. The monoisotopic (exact) mass is 564 g/mol. The molecule has 2 amide bonds. The molecule has 0 aliphatic carbocycles. The lowest BCUT2D eigenvalue weighted by Crippen LogP contribution is -2.39. The number of alkyl halides is 3. The Hall–Kier alpha value is -4.16. The molecule has 0 fully saturated rings. The number of hydrogen-bond acceptors (Lipinski definition) is 5. The maximum atomic E-state index is 14.0.